The summed E-state index contributed by atoms with van der Waals surface area (Å²) in [6.07, 6.45) is 9.79. The molecule has 30 heavy (non-hydrogen) atoms. The molecule has 1 aromatic carbocycles. The highest BCUT2D eigenvalue weighted by molar-refractivity contribution is 5.82. The van der Waals surface area contributed by atoms with Crippen molar-refractivity contribution < 1.29 is 9.59 Å². The normalized spacial score (nSPS) is 22.3. The summed E-state index contributed by atoms with van der Waals surface area (Å²) in [5.41, 5.74) is 1.22. The molecule has 0 spiro atoms. The average molecular weight is 412 g/mol. The van der Waals surface area contributed by atoms with Crippen LogP contribution in [-0.2, 0) is 16.0 Å². The third-order valence-electron chi connectivity index (χ3n) is 7.30. The maximum atomic E-state index is 13.5. The zero-order chi connectivity index (χ0) is 20.8. The minimum atomic E-state index is 0.0344. The molecule has 0 N–H and O–H groups in total. The van der Waals surface area contributed by atoms with Crippen LogP contribution in [0.1, 0.15) is 56.9 Å². The molecule has 0 aromatic heterocycles. The van der Waals surface area contributed by atoms with Crippen molar-refractivity contribution >= 4 is 11.8 Å². The van der Waals surface area contributed by atoms with Gasteiger partial charge in [0.15, 0.2) is 0 Å². The number of hydrogen-bond acceptors (Lipinski definition) is 3. The molecule has 1 aliphatic carbocycles. The Morgan fingerprint density at radius 3 is 2.13 bits per heavy atom. The van der Waals surface area contributed by atoms with Gasteiger partial charge in [0.2, 0.25) is 11.8 Å². The fraction of sp³-hybridized carbons (Fsp3) is 0.680. The number of nitrogens with zero attached hydrogens (tertiary/aromatic N) is 3. The Bertz CT molecular complexity index is 688. The second kappa shape index (κ2) is 10.4. The van der Waals surface area contributed by atoms with Crippen molar-refractivity contribution in [3.05, 3.63) is 35.9 Å². The molecule has 0 radical (unpaired) electrons. The third-order valence-corrected chi connectivity index (χ3v) is 7.30. The van der Waals surface area contributed by atoms with Crippen LogP contribution in [0, 0.1) is 5.92 Å². The van der Waals surface area contributed by atoms with Crippen molar-refractivity contribution in [1.82, 2.24) is 14.7 Å². The molecule has 5 heteroatoms. The van der Waals surface area contributed by atoms with E-state index in [1.165, 1.54) is 37.7 Å². The molecule has 164 valence electrons. The number of aryl methyl sites for hydroxylation is 1. The van der Waals surface area contributed by atoms with Crippen LogP contribution in [0.4, 0.5) is 0 Å². The molecule has 2 aliphatic heterocycles. The Hall–Kier alpha value is -1.88. The number of benzene rings is 1. The lowest BCUT2D eigenvalue weighted by Crippen LogP contribution is -2.59. The molecule has 1 saturated carbocycles. The SMILES string of the molecule is O=C(CCc1ccccc1)N1CCN(C(C(=O)N2CCCCC2)C2CCCC2)CC1. The summed E-state index contributed by atoms with van der Waals surface area (Å²) in [6, 6.07) is 10.3. The number of piperazine rings is 1. The Labute approximate surface area is 181 Å². The van der Waals surface area contributed by atoms with Crippen LogP contribution in [-0.4, -0.2) is 71.8 Å². The molecule has 2 amide bonds. The second-order valence-corrected chi connectivity index (χ2v) is 9.28. The first-order valence-corrected chi connectivity index (χ1v) is 12.1. The van der Waals surface area contributed by atoms with Crippen molar-refractivity contribution in [3.8, 4) is 0 Å². The number of amides is 2. The van der Waals surface area contributed by atoms with Gasteiger partial charge in [-0.2, -0.15) is 0 Å². The first-order valence-electron chi connectivity index (χ1n) is 12.1. The van der Waals surface area contributed by atoms with Crippen LogP contribution in [0.2, 0.25) is 0 Å². The van der Waals surface area contributed by atoms with E-state index >= 15 is 0 Å². The van der Waals surface area contributed by atoms with Gasteiger partial charge in [0.25, 0.3) is 0 Å². The first-order chi connectivity index (χ1) is 14.7. The molecule has 2 saturated heterocycles. The smallest absolute Gasteiger partial charge is 0.240 e. The fourth-order valence-corrected chi connectivity index (χ4v) is 5.53. The van der Waals surface area contributed by atoms with Gasteiger partial charge < -0.3 is 9.80 Å². The van der Waals surface area contributed by atoms with Gasteiger partial charge in [-0.05, 0) is 50.0 Å². The molecule has 1 unspecified atom stereocenters. The van der Waals surface area contributed by atoms with Crippen LogP contribution < -0.4 is 0 Å². The van der Waals surface area contributed by atoms with Crippen molar-refractivity contribution in [2.75, 3.05) is 39.3 Å². The highest BCUT2D eigenvalue weighted by Crippen LogP contribution is 2.32. The van der Waals surface area contributed by atoms with Crippen molar-refractivity contribution in [1.29, 1.82) is 0 Å². The van der Waals surface area contributed by atoms with E-state index in [-0.39, 0.29) is 11.9 Å². The molecule has 1 aromatic rings. The van der Waals surface area contributed by atoms with Crippen LogP contribution in [0.15, 0.2) is 30.3 Å². The highest BCUT2D eigenvalue weighted by Gasteiger charge is 2.39. The van der Waals surface area contributed by atoms with Crippen LogP contribution in [0.5, 0.6) is 0 Å². The van der Waals surface area contributed by atoms with Gasteiger partial charge in [-0.3, -0.25) is 14.5 Å². The van der Waals surface area contributed by atoms with Gasteiger partial charge in [-0.15, -0.1) is 0 Å². The maximum Gasteiger partial charge on any atom is 0.240 e. The van der Waals surface area contributed by atoms with Gasteiger partial charge in [0.1, 0.15) is 0 Å². The molecular formula is C25H37N3O2. The van der Waals surface area contributed by atoms with Gasteiger partial charge in [-0.25, -0.2) is 0 Å². The summed E-state index contributed by atoms with van der Waals surface area (Å²) in [7, 11) is 0. The lowest BCUT2D eigenvalue weighted by Gasteiger charge is -2.43. The second-order valence-electron chi connectivity index (χ2n) is 9.28. The van der Waals surface area contributed by atoms with E-state index in [1.807, 2.05) is 23.1 Å². The van der Waals surface area contributed by atoms with E-state index < -0.39 is 0 Å². The topological polar surface area (TPSA) is 43.9 Å². The lowest BCUT2D eigenvalue weighted by molar-refractivity contribution is -0.142. The summed E-state index contributed by atoms with van der Waals surface area (Å²) in [6.45, 7) is 5.03. The maximum absolute atomic E-state index is 13.5. The molecule has 0 bridgehead atoms. The zero-order valence-corrected chi connectivity index (χ0v) is 18.3. The van der Waals surface area contributed by atoms with E-state index in [0.717, 1.165) is 58.5 Å². The Balaban J connectivity index is 1.32. The van der Waals surface area contributed by atoms with E-state index in [1.54, 1.807) is 0 Å². The minimum Gasteiger partial charge on any atom is -0.341 e. The fourth-order valence-electron chi connectivity index (χ4n) is 5.53. The average Bonchev–Trinajstić information content (AvgIpc) is 3.34. The van der Waals surface area contributed by atoms with Gasteiger partial charge >= 0.3 is 0 Å². The van der Waals surface area contributed by atoms with E-state index in [0.29, 0.717) is 18.2 Å². The van der Waals surface area contributed by atoms with E-state index in [9.17, 15) is 9.59 Å². The zero-order valence-electron chi connectivity index (χ0n) is 18.3. The first kappa shape index (κ1) is 21.4. The monoisotopic (exact) mass is 411 g/mol. The standard InChI is InChI=1S/C25H37N3O2/c29-23(14-13-21-9-3-1-4-10-21)26-17-19-27(20-18-26)24(22-11-5-6-12-22)25(30)28-15-7-2-8-16-28/h1,3-4,9-10,22,24H,2,5-8,11-20H2. The van der Waals surface area contributed by atoms with Crippen molar-refractivity contribution in [3.63, 3.8) is 0 Å². The molecule has 4 rings (SSSR count). The highest BCUT2D eigenvalue weighted by atomic mass is 16.2. The van der Waals surface area contributed by atoms with E-state index in [4.69, 9.17) is 0 Å². The van der Waals surface area contributed by atoms with Crippen LogP contribution >= 0.6 is 0 Å². The largest absolute Gasteiger partial charge is 0.341 e. The van der Waals surface area contributed by atoms with Crippen molar-refractivity contribution in [2.24, 2.45) is 5.92 Å². The van der Waals surface area contributed by atoms with Crippen LogP contribution in [0.25, 0.3) is 0 Å². The number of hydrogen-bond donors (Lipinski definition) is 0. The summed E-state index contributed by atoms with van der Waals surface area (Å²) >= 11 is 0. The predicted molar refractivity (Wildman–Crippen MR) is 119 cm³/mol. The molecular weight excluding hydrogens is 374 g/mol. The summed E-state index contributed by atoms with van der Waals surface area (Å²) in [5.74, 6) is 1.11. The minimum absolute atomic E-state index is 0.0344. The van der Waals surface area contributed by atoms with Gasteiger partial charge in [-0.1, -0.05) is 43.2 Å². The van der Waals surface area contributed by atoms with Crippen molar-refractivity contribution in [2.45, 2.75) is 63.8 Å². The number of likely N-dealkylation sites (tertiary alicyclic amines) is 1. The quantitative estimate of drug-likeness (QED) is 0.721. The molecule has 1 atom stereocenters. The molecule has 5 nitrogen and oxygen atoms in total. The summed E-state index contributed by atoms with van der Waals surface area (Å²) in [4.78, 5) is 32.7. The van der Waals surface area contributed by atoms with Gasteiger partial charge in [0.05, 0.1) is 6.04 Å². The molecule has 3 aliphatic rings. The Kier molecular flexibility index (Phi) is 7.42. The number of carbonyl (C=O) groups is 2. The lowest BCUT2D eigenvalue weighted by atomic mass is 9.93. The predicted octanol–water partition coefficient (Wildman–Crippen LogP) is 3.33. The summed E-state index contributed by atoms with van der Waals surface area (Å²) < 4.78 is 0. The molecule has 3 fully saturated rings. The summed E-state index contributed by atoms with van der Waals surface area (Å²) in [5, 5.41) is 0. The van der Waals surface area contributed by atoms with Gasteiger partial charge in [0, 0.05) is 45.7 Å². The van der Waals surface area contributed by atoms with Crippen LogP contribution in [0.3, 0.4) is 0 Å². The third kappa shape index (κ3) is 5.23. The Morgan fingerprint density at radius 1 is 0.800 bits per heavy atom. The number of carbonyl (C=O) groups excluding carboxylic acids is 2. The van der Waals surface area contributed by atoms with E-state index in [2.05, 4.69) is 21.9 Å². The Morgan fingerprint density at radius 2 is 1.47 bits per heavy atom. The number of rotatable bonds is 6. The number of piperidine rings is 1. The molecule has 2 heterocycles.